The van der Waals surface area contributed by atoms with Crippen LogP contribution >= 0.6 is 11.6 Å². The molecule has 6 nitrogen and oxygen atoms in total. The second kappa shape index (κ2) is 10.1. The van der Waals surface area contributed by atoms with Crippen molar-refractivity contribution in [1.82, 2.24) is 15.1 Å². The van der Waals surface area contributed by atoms with Crippen molar-refractivity contribution in [2.75, 3.05) is 39.3 Å². The molecule has 174 valence electrons. The molecule has 2 saturated heterocycles. The molecular weight excluding hydrogens is 438 g/mol. The maximum Gasteiger partial charge on any atom is 0.253 e. The van der Waals surface area contributed by atoms with Gasteiger partial charge in [0.1, 0.15) is 0 Å². The zero-order valence-electron chi connectivity index (χ0n) is 19.1. The minimum Gasteiger partial charge on any atom is -0.352 e. The van der Waals surface area contributed by atoms with E-state index in [0.29, 0.717) is 40.1 Å². The summed E-state index contributed by atoms with van der Waals surface area (Å²) in [6, 6.07) is 12.3. The molecule has 2 aliphatic rings. The van der Waals surface area contributed by atoms with Crippen molar-refractivity contribution in [3.05, 3.63) is 69.7 Å². The molecule has 0 saturated carbocycles. The Bertz CT molecular complexity index is 1040. The number of hydrogen-bond donors (Lipinski definition) is 1. The molecule has 2 aromatic rings. The number of carbonyl (C=O) groups excluding carboxylic acids is 3. The number of likely N-dealkylation sites (tertiary alicyclic amines) is 2. The molecule has 33 heavy (non-hydrogen) atoms. The Morgan fingerprint density at radius 3 is 2.15 bits per heavy atom. The van der Waals surface area contributed by atoms with E-state index in [2.05, 4.69) is 10.2 Å². The molecule has 2 atom stereocenters. The van der Waals surface area contributed by atoms with Crippen LogP contribution in [0.1, 0.15) is 50.0 Å². The summed E-state index contributed by atoms with van der Waals surface area (Å²) in [4.78, 5) is 41.0. The molecule has 7 heteroatoms. The average molecular weight is 468 g/mol. The van der Waals surface area contributed by atoms with Crippen molar-refractivity contribution in [3.63, 3.8) is 0 Å². The molecule has 4 rings (SSSR count). The summed E-state index contributed by atoms with van der Waals surface area (Å²) in [6.45, 7) is 8.52. The monoisotopic (exact) mass is 467 g/mol. The van der Waals surface area contributed by atoms with Gasteiger partial charge in [0.2, 0.25) is 0 Å². The fraction of sp³-hybridized carbons (Fsp3) is 0.423. The van der Waals surface area contributed by atoms with Crippen LogP contribution in [0, 0.1) is 18.8 Å². The van der Waals surface area contributed by atoms with Gasteiger partial charge in [-0.2, -0.15) is 0 Å². The molecule has 0 bridgehead atoms. The van der Waals surface area contributed by atoms with Crippen molar-refractivity contribution >= 4 is 29.2 Å². The largest absolute Gasteiger partial charge is 0.352 e. The molecule has 0 aromatic heterocycles. The third-order valence-electron chi connectivity index (χ3n) is 6.76. The van der Waals surface area contributed by atoms with Gasteiger partial charge in [-0.3, -0.25) is 14.4 Å². The van der Waals surface area contributed by atoms with Crippen LogP contribution in [-0.2, 0) is 0 Å². The summed E-state index contributed by atoms with van der Waals surface area (Å²) in [6.07, 6.45) is 0.885. The smallest absolute Gasteiger partial charge is 0.253 e. The number of nitrogens with one attached hydrogen (secondary N) is 1. The van der Waals surface area contributed by atoms with Crippen LogP contribution in [0.5, 0.6) is 0 Å². The van der Waals surface area contributed by atoms with E-state index in [4.69, 9.17) is 11.6 Å². The molecule has 0 spiro atoms. The van der Waals surface area contributed by atoms with E-state index in [1.54, 1.807) is 36.4 Å². The first kappa shape index (κ1) is 23.5. The van der Waals surface area contributed by atoms with E-state index in [-0.39, 0.29) is 17.6 Å². The van der Waals surface area contributed by atoms with E-state index >= 15 is 0 Å². The van der Waals surface area contributed by atoms with E-state index in [1.165, 1.54) is 6.92 Å². The van der Waals surface area contributed by atoms with Crippen LogP contribution in [0.4, 0.5) is 0 Å². The molecule has 0 aliphatic carbocycles. The molecule has 1 N–H and O–H groups in total. The van der Waals surface area contributed by atoms with Crippen molar-refractivity contribution in [2.45, 2.75) is 20.3 Å². The number of rotatable bonds is 7. The lowest BCUT2D eigenvalue weighted by atomic mass is 10.0. The number of halogens is 1. The normalized spacial score (nSPS) is 20.0. The number of nitrogens with zero attached hydrogens (tertiary/aromatic N) is 2. The highest BCUT2D eigenvalue weighted by atomic mass is 35.5. The highest BCUT2D eigenvalue weighted by molar-refractivity contribution is 6.31. The van der Waals surface area contributed by atoms with Gasteiger partial charge in [0.15, 0.2) is 5.78 Å². The third-order valence-corrected chi connectivity index (χ3v) is 7.17. The van der Waals surface area contributed by atoms with Gasteiger partial charge in [0, 0.05) is 54.4 Å². The number of aryl methyl sites for hydroxylation is 1. The molecule has 2 aliphatic heterocycles. The van der Waals surface area contributed by atoms with Gasteiger partial charge in [-0.25, -0.2) is 0 Å². The van der Waals surface area contributed by atoms with Gasteiger partial charge < -0.3 is 15.1 Å². The third kappa shape index (κ3) is 5.45. The van der Waals surface area contributed by atoms with Crippen LogP contribution in [0.15, 0.2) is 42.5 Å². The number of fused-ring (bicyclic) bond motifs is 1. The Hall–Kier alpha value is -2.70. The Kier molecular flexibility index (Phi) is 7.15. The lowest BCUT2D eigenvalue weighted by molar-refractivity contribution is 0.0773. The van der Waals surface area contributed by atoms with E-state index in [9.17, 15) is 14.4 Å². The summed E-state index contributed by atoms with van der Waals surface area (Å²) in [5.41, 5.74) is 2.81. The first-order valence-corrected chi connectivity index (χ1v) is 11.9. The second-order valence-electron chi connectivity index (χ2n) is 9.20. The minimum atomic E-state index is -0.0966. The predicted molar refractivity (Wildman–Crippen MR) is 129 cm³/mol. The zero-order chi connectivity index (χ0) is 23.5. The Balaban J connectivity index is 1.19. The van der Waals surface area contributed by atoms with Crippen LogP contribution in [0.25, 0.3) is 0 Å². The molecule has 0 radical (unpaired) electrons. The molecule has 2 aromatic carbocycles. The maximum absolute atomic E-state index is 12.9. The number of carbonyl (C=O) groups is 3. The fourth-order valence-corrected chi connectivity index (χ4v) is 4.99. The van der Waals surface area contributed by atoms with Crippen LogP contribution in [0.2, 0.25) is 5.02 Å². The van der Waals surface area contributed by atoms with Crippen molar-refractivity contribution in [1.29, 1.82) is 0 Å². The summed E-state index contributed by atoms with van der Waals surface area (Å²) in [5, 5.41) is 3.58. The Labute approximate surface area is 199 Å². The first-order valence-electron chi connectivity index (χ1n) is 11.5. The summed E-state index contributed by atoms with van der Waals surface area (Å²) in [5.74, 6) is 0.944. The lowest BCUT2D eigenvalue weighted by Crippen LogP contribution is -2.34. The number of hydrogen-bond acceptors (Lipinski definition) is 4. The SMILES string of the molecule is CC(=O)c1ccc(C(=O)N2CC3CN(CCCNC(=O)c4ccc(C)c(Cl)c4)CC3C2)cc1. The highest BCUT2D eigenvalue weighted by Gasteiger charge is 2.41. The molecule has 2 fully saturated rings. The topological polar surface area (TPSA) is 69.7 Å². The van der Waals surface area contributed by atoms with E-state index in [0.717, 1.165) is 44.7 Å². The van der Waals surface area contributed by atoms with Crippen molar-refractivity contribution in [3.8, 4) is 0 Å². The van der Waals surface area contributed by atoms with Gasteiger partial charge in [0.25, 0.3) is 11.8 Å². The predicted octanol–water partition coefficient (Wildman–Crippen LogP) is 3.67. The minimum absolute atomic E-state index is 0.00362. The molecule has 2 unspecified atom stereocenters. The van der Waals surface area contributed by atoms with Crippen molar-refractivity contribution < 1.29 is 14.4 Å². The zero-order valence-corrected chi connectivity index (χ0v) is 19.9. The number of ketones is 1. The second-order valence-corrected chi connectivity index (χ2v) is 9.60. The number of benzene rings is 2. The van der Waals surface area contributed by atoms with Gasteiger partial charge in [-0.15, -0.1) is 0 Å². The van der Waals surface area contributed by atoms with E-state index in [1.807, 2.05) is 17.9 Å². The molecular formula is C26H30ClN3O3. The average Bonchev–Trinajstić information content (AvgIpc) is 3.37. The fourth-order valence-electron chi connectivity index (χ4n) is 4.81. The van der Waals surface area contributed by atoms with E-state index < -0.39 is 0 Å². The summed E-state index contributed by atoms with van der Waals surface area (Å²) >= 11 is 6.11. The van der Waals surface area contributed by atoms with Gasteiger partial charge >= 0.3 is 0 Å². The van der Waals surface area contributed by atoms with Gasteiger partial charge in [-0.05, 0) is 68.5 Å². The summed E-state index contributed by atoms with van der Waals surface area (Å²) < 4.78 is 0. The maximum atomic E-state index is 12.9. The standard InChI is InChI=1S/C26H30ClN3O3/c1-17-4-5-21(12-24(17)27)25(32)28-10-3-11-29-13-22-15-30(16-23(22)14-29)26(33)20-8-6-19(7-9-20)18(2)31/h4-9,12,22-23H,3,10-11,13-16H2,1-2H3,(H,28,32). The first-order chi connectivity index (χ1) is 15.8. The lowest BCUT2D eigenvalue weighted by Gasteiger charge is -2.22. The van der Waals surface area contributed by atoms with Gasteiger partial charge in [-0.1, -0.05) is 29.8 Å². The Morgan fingerprint density at radius 1 is 0.939 bits per heavy atom. The quantitative estimate of drug-likeness (QED) is 0.498. The Morgan fingerprint density at radius 2 is 1.55 bits per heavy atom. The molecule has 2 amide bonds. The van der Waals surface area contributed by atoms with Crippen LogP contribution in [-0.4, -0.2) is 66.7 Å². The van der Waals surface area contributed by atoms with Crippen LogP contribution in [0.3, 0.4) is 0 Å². The number of Topliss-reactive ketones (excluding diaryl/α,β-unsaturated/α-hetero) is 1. The van der Waals surface area contributed by atoms with Gasteiger partial charge in [0.05, 0.1) is 0 Å². The summed E-state index contributed by atoms with van der Waals surface area (Å²) in [7, 11) is 0. The number of amides is 2. The van der Waals surface area contributed by atoms with Crippen molar-refractivity contribution in [2.24, 2.45) is 11.8 Å². The molecule has 2 heterocycles. The highest BCUT2D eigenvalue weighted by Crippen LogP contribution is 2.32. The van der Waals surface area contributed by atoms with Crippen LogP contribution < -0.4 is 5.32 Å².